The normalized spacial score (nSPS) is 24.5. The molecule has 3 aromatic carbocycles. The summed E-state index contributed by atoms with van der Waals surface area (Å²) < 4.78 is 6.92. The fourth-order valence-corrected chi connectivity index (χ4v) is 8.89. The zero-order valence-corrected chi connectivity index (χ0v) is 26.6. The van der Waals surface area contributed by atoms with E-state index in [-0.39, 0.29) is 40.9 Å². The minimum atomic E-state index is -0.634. The van der Waals surface area contributed by atoms with Gasteiger partial charge >= 0.3 is 5.97 Å². The summed E-state index contributed by atoms with van der Waals surface area (Å²) in [6.07, 6.45) is 5.19. The Balaban J connectivity index is 1.17. The van der Waals surface area contributed by atoms with E-state index < -0.39 is 5.97 Å². The monoisotopic (exact) mass is 637 g/mol. The first kappa shape index (κ1) is 30.2. The largest absolute Gasteiger partial charge is 0.464 e. The predicted octanol–water partition coefficient (Wildman–Crippen LogP) is 5.83. The molecule has 2 atom stereocenters. The third-order valence-electron chi connectivity index (χ3n) is 10.2. The number of hydrogen-bond acceptors (Lipinski definition) is 5. The maximum atomic E-state index is 13.9. The van der Waals surface area contributed by atoms with E-state index in [1.165, 1.54) is 7.11 Å². The molecule has 4 aliphatic carbocycles. The Kier molecular flexibility index (Phi) is 7.71. The molecule has 46 heavy (non-hydrogen) atoms. The number of halogens is 1. The Morgan fingerprint density at radius 2 is 1.65 bits per heavy atom. The lowest BCUT2D eigenvalue weighted by atomic mass is 9.51. The molecule has 4 aliphatic rings. The van der Waals surface area contributed by atoms with Gasteiger partial charge in [0.2, 0.25) is 5.91 Å². The van der Waals surface area contributed by atoms with Crippen molar-refractivity contribution in [1.29, 1.82) is 0 Å². The molecule has 4 fully saturated rings. The molecule has 0 saturated heterocycles. The minimum Gasteiger partial charge on any atom is -0.464 e. The van der Waals surface area contributed by atoms with Crippen molar-refractivity contribution in [2.45, 2.75) is 57.0 Å². The van der Waals surface area contributed by atoms with Crippen molar-refractivity contribution in [2.75, 3.05) is 7.11 Å². The molecule has 2 N–H and O–H groups in total. The summed E-state index contributed by atoms with van der Waals surface area (Å²) in [4.78, 5) is 52.6. The van der Waals surface area contributed by atoms with Crippen molar-refractivity contribution in [3.63, 3.8) is 0 Å². The van der Waals surface area contributed by atoms with Gasteiger partial charge in [-0.1, -0.05) is 41.9 Å². The molecular formula is C37H36ClN3O5. The molecule has 0 radical (unpaired) electrons. The third kappa shape index (κ3) is 5.38. The number of pyridine rings is 1. The number of amides is 2. The fourth-order valence-electron chi connectivity index (χ4n) is 8.73. The average Bonchev–Trinajstić information content (AvgIpc) is 3.03. The number of rotatable bonds is 7. The summed E-state index contributed by atoms with van der Waals surface area (Å²) in [6.45, 7) is 1.59. The molecule has 236 valence electrons. The number of benzene rings is 3. The Morgan fingerprint density at radius 1 is 0.957 bits per heavy atom. The maximum Gasteiger partial charge on any atom is 0.355 e. The summed E-state index contributed by atoms with van der Waals surface area (Å²) in [5.41, 5.74) is 2.54. The van der Waals surface area contributed by atoms with E-state index in [1.807, 2.05) is 42.5 Å². The van der Waals surface area contributed by atoms with Crippen LogP contribution in [0, 0.1) is 17.8 Å². The SMILES string of the molecule is COC(=O)c1c(Cc2ccc(C(=O)NC3C4CC5CC3CC(NC(C)=O)(C5)C4)cc2)c(=O)c2ccc(Cl)cc2n1-c1ccccc1. The number of esters is 1. The number of methoxy groups -OCH3 is 1. The van der Waals surface area contributed by atoms with Crippen LogP contribution in [0.25, 0.3) is 16.6 Å². The predicted molar refractivity (Wildman–Crippen MR) is 176 cm³/mol. The van der Waals surface area contributed by atoms with Crippen LogP contribution in [0.5, 0.6) is 0 Å². The van der Waals surface area contributed by atoms with E-state index in [4.69, 9.17) is 16.3 Å². The Bertz CT molecular complexity index is 1900. The van der Waals surface area contributed by atoms with Gasteiger partial charge in [0.05, 0.1) is 12.6 Å². The molecular weight excluding hydrogens is 602 g/mol. The van der Waals surface area contributed by atoms with E-state index in [2.05, 4.69) is 10.6 Å². The Hall–Kier alpha value is -4.43. The van der Waals surface area contributed by atoms with E-state index in [0.29, 0.717) is 50.5 Å². The molecule has 4 saturated carbocycles. The Morgan fingerprint density at radius 3 is 2.30 bits per heavy atom. The third-order valence-corrected chi connectivity index (χ3v) is 10.5. The highest BCUT2D eigenvalue weighted by molar-refractivity contribution is 6.31. The quantitative estimate of drug-likeness (QED) is 0.248. The van der Waals surface area contributed by atoms with Crippen molar-refractivity contribution in [3.8, 4) is 5.69 Å². The van der Waals surface area contributed by atoms with Gasteiger partial charge in [-0.3, -0.25) is 14.4 Å². The molecule has 0 spiro atoms. The summed E-state index contributed by atoms with van der Waals surface area (Å²) in [7, 11) is 1.30. The molecule has 9 heteroatoms. The van der Waals surface area contributed by atoms with Crippen LogP contribution < -0.4 is 16.1 Å². The van der Waals surface area contributed by atoms with Crippen molar-refractivity contribution >= 4 is 40.3 Å². The molecule has 1 aromatic heterocycles. The van der Waals surface area contributed by atoms with Gasteiger partial charge in [-0.2, -0.15) is 0 Å². The first-order valence-corrected chi connectivity index (χ1v) is 16.2. The van der Waals surface area contributed by atoms with Gasteiger partial charge in [0.25, 0.3) is 5.91 Å². The van der Waals surface area contributed by atoms with Crippen LogP contribution in [0.3, 0.4) is 0 Å². The van der Waals surface area contributed by atoms with Crippen LogP contribution >= 0.6 is 11.6 Å². The van der Waals surface area contributed by atoms with E-state index in [0.717, 1.165) is 37.7 Å². The molecule has 4 bridgehead atoms. The highest BCUT2D eigenvalue weighted by Crippen LogP contribution is 2.55. The molecule has 8 nitrogen and oxygen atoms in total. The molecule has 2 amide bonds. The van der Waals surface area contributed by atoms with Crippen LogP contribution in [-0.4, -0.2) is 41.0 Å². The second-order valence-electron chi connectivity index (χ2n) is 13.3. The second-order valence-corrected chi connectivity index (χ2v) is 13.7. The number of nitrogens with zero attached hydrogens (tertiary/aromatic N) is 1. The topological polar surface area (TPSA) is 106 Å². The van der Waals surface area contributed by atoms with E-state index in [9.17, 15) is 19.2 Å². The van der Waals surface area contributed by atoms with Crippen molar-refractivity contribution in [1.82, 2.24) is 15.2 Å². The number of aromatic nitrogens is 1. The molecule has 2 unspecified atom stereocenters. The van der Waals surface area contributed by atoms with Crippen LogP contribution in [0.2, 0.25) is 5.02 Å². The minimum absolute atomic E-state index is 0.0217. The Labute approximate surface area is 272 Å². The fraction of sp³-hybridized carbons (Fsp3) is 0.351. The molecule has 1 heterocycles. The van der Waals surface area contributed by atoms with Crippen LogP contribution in [0.1, 0.15) is 71.0 Å². The molecule has 4 aromatic rings. The second kappa shape index (κ2) is 11.7. The number of carbonyl (C=O) groups is 3. The summed E-state index contributed by atoms with van der Waals surface area (Å²) in [6, 6.07) is 21.6. The van der Waals surface area contributed by atoms with Crippen LogP contribution in [-0.2, 0) is 16.0 Å². The zero-order chi connectivity index (χ0) is 32.2. The van der Waals surface area contributed by atoms with Gasteiger partial charge in [-0.25, -0.2) is 4.79 Å². The maximum absolute atomic E-state index is 13.9. The van der Waals surface area contributed by atoms with Gasteiger partial charge in [0, 0.05) is 52.1 Å². The summed E-state index contributed by atoms with van der Waals surface area (Å²) in [5, 5.41) is 7.46. The molecule has 8 rings (SSSR count). The first-order chi connectivity index (χ1) is 22.1. The first-order valence-electron chi connectivity index (χ1n) is 15.8. The average molecular weight is 638 g/mol. The number of nitrogens with one attached hydrogen (secondary N) is 2. The number of fused-ring (bicyclic) bond motifs is 1. The van der Waals surface area contributed by atoms with Crippen molar-refractivity contribution in [2.24, 2.45) is 17.8 Å². The number of ether oxygens (including phenoxy) is 1. The smallest absolute Gasteiger partial charge is 0.355 e. The number of para-hydroxylation sites is 1. The van der Waals surface area contributed by atoms with Gasteiger partial charge in [0.15, 0.2) is 5.43 Å². The van der Waals surface area contributed by atoms with Crippen LogP contribution in [0.4, 0.5) is 0 Å². The van der Waals surface area contributed by atoms with Gasteiger partial charge < -0.3 is 19.9 Å². The van der Waals surface area contributed by atoms with Gasteiger partial charge in [0.1, 0.15) is 5.69 Å². The van der Waals surface area contributed by atoms with Crippen LogP contribution in [0.15, 0.2) is 77.6 Å². The number of carbonyl (C=O) groups excluding carboxylic acids is 3. The zero-order valence-electron chi connectivity index (χ0n) is 25.8. The number of hydrogen-bond donors (Lipinski definition) is 2. The van der Waals surface area contributed by atoms with Crippen molar-refractivity contribution < 1.29 is 19.1 Å². The lowest BCUT2D eigenvalue weighted by molar-refractivity contribution is -0.125. The highest BCUT2D eigenvalue weighted by atomic mass is 35.5. The van der Waals surface area contributed by atoms with Crippen molar-refractivity contribution in [3.05, 3.63) is 110 Å². The molecule has 0 aliphatic heterocycles. The summed E-state index contributed by atoms with van der Waals surface area (Å²) in [5.74, 6) is 0.575. The lowest BCUT2D eigenvalue weighted by Crippen LogP contribution is -2.66. The summed E-state index contributed by atoms with van der Waals surface area (Å²) >= 11 is 6.35. The highest BCUT2D eigenvalue weighted by Gasteiger charge is 2.56. The van der Waals surface area contributed by atoms with E-state index in [1.54, 1.807) is 41.8 Å². The van der Waals surface area contributed by atoms with E-state index >= 15 is 0 Å². The van der Waals surface area contributed by atoms with Gasteiger partial charge in [-0.05, 0) is 97.9 Å². The van der Waals surface area contributed by atoms with Gasteiger partial charge in [-0.15, -0.1) is 0 Å². The lowest BCUT2D eigenvalue weighted by Gasteiger charge is -2.60. The standard InChI is InChI=1S/C37H36ClN3O5/c1-21(42)40-37-18-23-14-25(19-37)32(26(15-23)20-37)39-35(44)24-10-8-22(9-11-24)16-30-33(36(45)46-2)41(28-6-4-3-5-7-28)31-17-27(38)12-13-29(31)34(30)43/h3-13,17,23,25-26,32H,14-16,18-20H2,1-2H3,(H,39,44)(H,40,42).